The summed E-state index contributed by atoms with van der Waals surface area (Å²) in [6.45, 7) is 0. The third-order valence-corrected chi connectivity index (χ3v) is 7.08. The normalized spacial score (nSPS) is 22.9. The van der Waals surface area contributed by atoms with Gasteiger partial charge in [0, 0.05) is 0 Å². The van der Waals surface area contributed by atoms with Crippen molar-refractivity contribution in [3.05, 3.63) is 36.0 Å². The third kappa shape index (κ3) is 3.05. The Morgan fingerprint density at radius 2 is 1.95 bits per heavy atom. The van der Waals surface area contributed by atoms with Crippen LogP contribution in [0.5, 0.6) is 0 Å². The summed E-state index contributed by atoms with van der Waals surface area (Å²) in [5.41, 5.74) is 1.59. The average molecular weight is 346 g/mol. The van der Waals surface area contributed by atoms with E-state index in [9.17, 15) is 14.7 Å². The summed E-state index contributed by atoms with van der Waals surface area (Å²) in [7, 11) is 0. The van der Waals surface area contributed by atoms with Crippen molar-refractivity contribution in [2.24, 2.45) is 5.92 Å². The monoisotopic (exact) mass is 346 g/mol. The summed E-state index contributed by atoms with van der Waals surface area (Å²) in [6.07, 6.45) is 3.61. The van der Waals surface area contributed by atoms with E-state index in [1.165, 1.54) is 0 Å². The standard InChI is InChI=1S/C16H17AsNO3/c19-15(14-9-10-5-1-4-8-13(10)18-14)17-12-7-3-2-6-11(12)16(20)21/h1,4-5,8-9,11-12,18H,2-3,6-7H2,(H,20,21). The van der Waals surface area contributed by atoms with Gasteiger partial charge in [0.2, 0.25) is 0 Å². The molecule has 4 nitrogen and oxygen atoms in total. The van der Waals surface area contributed by atoms with Gasteiger partial charge in [-0.25, -0.2) is 0 Å². The van der Waals surface area contributed by atoms with Crippen LogP contribution < -0.4 is 0 Å². The number of aliphatic carboxylic acids is 1. The number of carboxylic acids is 1. The van der Waals surface area contributed by atoms with Crippen molar-refractivity contribution >= 4 is 37.2 Å². The number of carbonyl (C=O) groups excluding carboxylic acids is 1. The molecule has 1 aliphatic rings. The first-order valence-corrected chi connectivity index (χ1v) is 9.23. The van der Waals surface area contributed by atoms with Gasteiger partial charge in [0.1, 0.15) is 0 Å². The van der Waals surface area contributed by atoms with E-state index >= 15 is 0 Å². The molecule has 1 aliphatic carbocycles. The first kappa shape index (κ1) is 14.4. The summed E-state index contributed by atoms with van der Waals surface area (Å²) in [6, 6.07) is 9.68. The van der Waals surface area contributed by atoms with Gasteiger partial charge in [0.15, 0.2) is 0 Å². The first-order chi connectivity index (χ1) is 10.1. The van der Waals surface area contributed by atoms with Crippen LogP contribution in [0.3, 0.4) is 0 Å². The fourth-order valence-electron chi connectivity index (χ4n) is 2.96. The first-order valence-electron chi connectivity index (χ1n) is 7.21. The van der Waals surface area contributed by atoms with Crippen LogP contribution in [0, 0.1) is 5.92 Å². The number of aromatic nitrogens is 1. The number of hydrogen-bond acceptors (Lipinski definition) is 2. The Kier molecular flexibility index (Phi) is 4.16. The number of nitrogens with one attached hydrogen (secondary N) is 1. The number of H-pyrrole nitrogens is 1. The van der Waals surface area contributed by atoms with Crippen LogP contribution in [0.15, 0.2) is 30.3 Å². The van der Waals surface area contributed by atoms with E-state index in [2.05, 4.69) is 4.98 Å². The fourth-order valence-corrected chi connectivity index (χ4v) is 5.75. The Hall–Kier alpha value is -1.54. The van der Waals surface area contributed by atoms with E-state index in [1.54, 1.807) is 0 Å². The summed E-state index contributed by atoms with van der Waals surface area (Å²) in [5, 5.41) is 10.3. The molecule has 0 aliphatic heterocycles. The van der Waals surface area contributed by atoms with Crippen molar-refractivity contribution in [3.8, 4) is 0 Å². The van der Waals surface area contributed by atoms with E-state index in [0.717, 1.165) is 36.6 Å². The molecular formula is C16H17AsNO3. The van der Waals surface area contributed by atoms with Gasteiger partial charge < -0.3 is 0 Å². The second-order valence-corrected chi connectivity index (χ2v) is 8.29. The van der Waals surface area contributed by atoms with E-state index in [-0.39, 0.29) is 15.2 Å². The SMILES string of the molecule is O=C([As]C1CCCCC1C(=O)O)c1cc2ccccc2[nH]1. The van der Waals surface area contributed by atoms with Crippen molar-refractivity contribution in [2.45, 2.75) is 30.4 Å². The zero-order chi connectivity index (χ0) is 14.8. The Labute approximate surface area is 129 Å². The summed E-state index contributed by atoms with van der Waals surface area (Å²) < 4.78 is 0.173. The van der Waals surface area contributed by atoms with Crippen LogP contribution in [0.1, 0.15) is 36.2 Å². The van der Waals surface area contributed by atoms with Gasteiger partial charge in [0.05, 0.1) is 0 Å². The molecule has 1 fully saturated rings. The molecule has 0 saturated heterocycles. The van der Waals surface area contributed by atoms with E-state index in [1.807, 2.05) is 30.3 Å². The molecule has 2 aromatic rings. The second-order valence-electron chi connectivity index (χ2n) is 5.50. The van der Waals surface area contributed by atoms with Crippen LogP contribution in [-0.2, 0) is 4.79 Å². The number of para-hydroxylation sites is 1. The molecule has 3 rings (SSSR count). The molecule has 109 valence electrons. The fraction of sp³-hybridized carbons (Fsp3) is 0.375. The van der Waals surface area contributed by atoms with Crippen LogP contribution in [-0.4, -0.2) is 36.4 Å². The van der Waals surface area contributed by atoms with Crippen molar-refractivity contribution < 1.29 is 14.7 Å². The molecule has 1 aromatic carbocycles. The molecule has 2 atom stereocenters. The van der Waals surface area contributed by atoms with Gasteiger partial charge in [-0.2, -0.15) is 0 Å². The minimum atomic E-state index is -0.737. The Morgan fingerprint density at radius 3 is 2.71 bits per heavy atom. The van der Waals surface area contributed by atoms with Crippen LogP contribution >= 0.6 is 0 Å². The van der Waals surface area contributed by atoms with Crippen LogP contribution in [0.4, 0.5) is 0 Å². The van der Waals surface area contributed by atoms with E-state index < -0.39 is 21.7 Å². The predicted molar refractivity (Wildman–Crippen MR) is 81.7 cm³/mol. The molecule has 0 spiro atoms. The number of fused-ring (bicyclic) bond motifs is 1. The number of rotatable bonds is 4. The Bertz CT molecular complexity index is 646. The number of hydrogen-bond donors (Lipinski definition) is 2. The Balaban J connectivity index is 1.77. The summed E-state index contributed by atoms with van der Waals surface area (Å²) in [5.74, 6) is -1.06. The molecule has 0 amide bonds. The molecular weight excluding hydrogens is 329 g/mol. The molecule has 0 bridgehead atoms. The summed E-state index contributed by atoms with van der Waals surface area (Å²) >= 11 is -0.634. The maximum absolute atomic E-state index is 12.5. The molecule has 1 heterocycles. The van der Waals surface area contributed by atoms with Gasteiger partial charge in [0.25, 0.3) is 0 Å². The molecule has 1 aromatic heterocycles. The molecule has 21 heavy (non-hydrogen) atoms. The van der Waals surface area contributed by atoms with Crippen molar-refractivity contribution in [3.63, 3.8) is 0 Å². The molecule has 2 unspecified atom stereocenters. The maximum atomic E-state index is 12.5. The molecule has 5 heteroatoms. The van der Waals surface area contributed by atoms with E-state index in [4.69, 9.17) is 0 Å². The quantitative estimate of drug-likeness (QED) is 0.836. The van der Waals surface area contributed by atoms with Gasteiger partial charge in [-0.3, -0.25) is 0 Å². The van der Waals surface area contributed by atoms with Gasteiger partial charge in [-0.1, -0.05) is 0 Å². The number of carboxylic acid groups (broad SMARTS) is 1. The van der Waals surface area contributed by atoms with Crippen LogP contribution in [0.25, 0.3) is 10.9 Å². The topological polar surface area (TPSA) is 70.2 Å². The molecule has 1 radical (unpaired) electrons. The Morgan fingerprint density at radius 1 is 1.19 bits per heavy atom. The third-order valence-electron chi connectivity index (χ3n) is 4.09. The average Bonchev–Trinajstić information content (AvgIpc) is 2.91. The van der Waals surface area contributed by atoms with Gasteiger partial charge in [-0.15, -0.1) is 0 Å². The van der Waals surface area contributed by atoms with Crippen molar-refractivity contribution in [2.75, 3.05) is 0 Å². The zero-order valence-electron chi connectivity index (χ0n) is 11.6. The molecule has 1 saturated carbocycles. The minimum absolute atomic E-state index is 0.0615. The second kappa shape index (κ2) is 6.06. The van der Waals surface area contributed by atoms with Gasteiger partial charge >= 0.3 is 129 Å². The van der Waals surface area contributed by atoms with Gasteiger partial charge in [-0.05, 0) is 0 Å². The van der Waals surface area contributed by atoms with Crippen molar-refractivity contribution in [1.29, 1.82) is 0 Å². The number of carbonyl (C=O) groups is 2. The van der Waals surface area contributed by atoms with E-state index in [0.29, 0.717) is 5.69 Å². The van der Waals surface area contributed by atoms with Crippen LogP contribution in [0.2, 0.25) is 4.71 Å². The van der Waals surface area contributed by atoms with Crippen molar-refractivity contribution in [1.82, 2.24) is 4.98 Å². The number of aromatic amines is 1. The molecule has 2 N–H and O–H groups in total. The number of benzene rings is 1. The summed E-state index contributed by atoms with van der Waals surface area (Å²) in [4.78, 5) is 26.9. The zero-order valence-corrected chi connectivity index (χ0v) is 13.5. The predicted octanol–water partition coefficient (Wildman–Crippen LogP) is 3.08.